The van der Waals surface area contributed by atoms with Crippen molar-refractivity contribution in [2.24, 2.45) is 0 Å². The Morgan fingerprint density at radius 2 is 0.652 bits per heavy atom. The molecule has 0 unspecified atom stereocenters. The van der Waals surface area contributed by atoms with Gasteiger partial charge < -0.3 is 90.0 Å². The molecule has 0 saturated carbocycles. The molecule has 0 spiro atoms. The van der Waals surface area contributed by atoms with Crippen LogP contribution in [0.4, 0.5) is 4.79 Å². The van der Waals surface area contributed by atoms with Crippen LogP contribution in [0.5, 0.6) is 0 Å². The van der Waals surface area contributed by atoms with Crippen molar-refractivity contribution in [2.75, 3.05) is 33.0 Å². The Hall–Kier alpha value is -8.15. The van der Waals surface area contributed by atoms with E-state index >= 15 is 0 Å². The minimum absolute atomic E-state index is 0.246. The van der Waals surface area contributed by atoms with Gasteiger partial charge in [-0.25, -0.2) is 4.79 Å². The van der Waals surface area contributed by atoms with Crippen molar-refractivity contribution in [1.82, 2.24) is 5.06 Å². The van der Waals surface area contributed by atoms with E-state index in [1.165, 1.54) is 0 Å². The molecule has 0 bridgehead atoms. The molecule has 0 N–H and O–H groups in total. The van der Waals surface area contributed by atoms with Crippen molar-refractivity contribution >= 4 is 77.7 Å². The number of carbonyl (C=O) groups excluding carboxylic acids is 13. The van der Waals surface area contributed by atoms with Gasteiger partial charge in [-0.1, -0.05) is 30.3 Å². The first kappa shape index (κ1) is 71.6. The van der Waals surface area contributed by atoms with Crippen LogP contribution in [0.25, 0.3) is 0 Å². The van der Waals surface area contributed by atoms with Gasteiger partial charge in [0.2, 0.25) is 0 Å². The minimum atomic E-state index is -2.19. The van der Waals surface area contributed by atoms with E-state index in [1.807, 2.05) is 0 Å². The Labute approximate surface area is 507 Å². The Bertz CT molecular complexity index is 2700. The van der Waals surface area contributed by atoms with E-state index in [0.29, 0.717) is 10.6 Å². The van der Waals surface area contributed by atoms with Crippen LogP contribution in [0.15, 0.2) is 30.3 Å². The standard InChI is InChI=1S/C55H71NO33/c1-24(57)70-20-38-43(76-29(6)62)46(77-30(7)63)49(80-33(10)66)53(83-38)87-45-40(22-72-26(3)59)85-54(51(82-35(12)68)48(45)79-32(9)65)88-44-39(21-71-25(2)58)84-52(50(81-34(11)67)47(44)78-31(8)64)86-42-37(75-28(5)61)18-56(89-41(42)23-73-27(4)60)55(69)74-19-36-16-14-13-15-17-36/h13-17,37-54H,18-23H2,1-12H3/t37-,38-,39-,40-,41-,42+,43-,44-,45-,46+,47+,48+,49-,50-,51-,52+,53+,54+/m1/s1. The summed E-state index contributed by atoms with van der Waals surface area (Å²) in [6, 6.07) is 8.48. The zero-order valence-corrected chi connectivity index (χ0v) is 50.4. The molecule has 4 aliphatic heterocycles. The summed E-state index contributed by atoms with van der Waals surface area (Å²) in [4.78, 5) is 173. The summed E-state index contributed by atoms with van der Waals surface area (Å²) in [5.74, 6) is -12.1. The summed E-state index contributed by atoms with van der Waals surface area (Å²) in [6.45, 7) is 7.45. The molecule has 0 radical (unpaired) electrons. The van der Waals surface area contributed by atoms with E-state index < -0.39 is 221 Å². The zero-order valence-electron chi connectivity index (χ0n) is 50.4. The molecule has 5 rings (SSSR count). The number of rotatable bonds is 24. The smallest absolute Gasteiger partial charge is 0.434 e. The van der Waals surface area contributed by atoms with E-state index in [1.54, 1.807) is 30.3 Å². The molecule has 89 heavy (non-hydrogen) atoms. The van der Waals surface area contributed by atoms with E-state index in [9.17, 15) is 62.3 Å². The third-order valence-corrected chi connectivity index (χ3v) is 12.6. The Kier molecular flexibility index (Phi) is 26.9. The summed E-state index contributed by atoms with van der Waals surface area (Å²) >= 11 is 0. The monoisotopic (exact) mass is 1270 g/mol. The molecule has 4 fully saturated rings. The van der Waals surface area contributed by atoms with Gasteiger partial charge in [0.15, 0.2) is 67.7 Å². The lowest BCUT2D eigenvalue weighted by Gasteiger charge is -2.51. The van der Waals surface area contributed by atoms with E-state index in [2.05, 4.69) is 0 Å². The minimum Gasteiger partial charge on any atom is -0.463 e. The second-order valence-corrected chi connectivity index (χ2v) is 20.1. The van der Waals surface area contributed by atoms with Gasteiger partial charge in [0.05, 0.1) is 6.54 Å². The molecular weight excluding hydrogens is 1200 g/mol. The number of amides is 1. The molecule has 1 amide bonds. The van der Waals surface area contributed by atoms with Crippen LogP contribution in [-0.2, 0) is 159 Å². The van der Waals surface area contributed by atoms with Crippen LogP contribution >= 0.6 is 0 Å². The fourth-order valence-electron chi connectivity index (χ4n) is 9.52. The van der Waals surface area contributed by atoms with E-state index in [4.69, 9.17) is 94.8 Å². The first-order valence-electron chi connectivity index (χ1n) is 27.4. The normalized spacial score (nSPS) is 29.8. The Morgan fingerprint density at radius 1 is 0.348 bits per heavy atom. The molecule has 1 aromatic carbocycles. The molecule has 4 aliphatic rings. The molecule has 0 aromatic heterocycles. The van der Waals surface area contributed by atoms with Gasteiger partial charge in [-0.2, -0.15) is 5.06 Å². The van der Waals surface area contributed by atoms with Crippen molar-refractivity contribution in [1.29, 1.82) is 0 Å². The lowest BCUT2D eigenvalue weighted by Crippen LogP contribution is -2.69. The van der Waals surface area contributed by atoms with Gasteiger partial charge in [-0.3, -0.25) is 62.4 Å². The Balaban J connectivity index is 1.65. The highest BCUT2D eigenvalue weighted by Crippen LogP contribution is 2.39. The third-order valence-electron chi connectivity index (χ3n) is 12.6. The highest BCUT2D eigenvalue weighted by atomic mass is 16.8. The number of hydrogen-bond donors (Lipinski definition) is 0. The van der Waals surface area contributed by atoms with Crippen molar-refractivity contribution in [3.8, 4) is 0 Å². The van der Waals surface area contributed by atoms with Crippen LogP contribution in [0.2, 0.25) is 0 Å². The van der Waals surface area contributed by atoms with Crippen molar-refractivity contribution < 1.29 is 157 Å². The largest absolute Gasteiger partial charge is 0.463 e. The molecule has 0 aliphatic carbocycles. The van der Waals surface area contributed by atoms with Gasteiger partial charge in [-0.05, 0) is 5.56 Å². The van der Waals surface area contributed by atoms with Crippen LogP contribution < -0.4 is 0 Å². The molecule has 4 heterocycles. The number of carbonyl (C=O) groups is 13. The maximum atomic E-state index is 13.6. The second kappa shape index (κ2) is 33.4. The van der Waals surface area contributed by atoms with Gasteiger partial charge >= 0.3 is 77.7 Å². The highest BCUT2D eigenvalue weighted by Gasteiger charge is 2.61. The zero-order chi connectivity index (χ0) is 66.0. The molecular formula is C55H71NO33. The summed E-state index contributed by atoms with van der Waals surface area (Å²) < 4.78 is 110. The molecule has 494 valence electrons. The number of nitrogens with zero attached hydrogens (tertiary/aromatic N) is 1. The van der Waals surface area contributed by atoms with Gasteiger partial charge in [0.25, 0.3) is 0 Å². The topological polar surface area (TPSA) is 410 Å². The summed E-state index contributed by atoms with van der Waals surface area (Å²) in [7, 11) is 0. The molecule has 4 saturated heterocycles. The van der Waals surface area contributed by atoms with Crippen molar-refractivity contribution in [3.05, 3.63) is 35.9 Å². The number of hydroxylamine groups is 2. The number of benzene rings is 1. The summed E-state index contributed by atoms with van der Waals surface area (Å²) in [5.41, 5.74) is 0.579. The van der Waals surface area contributed by atoms with E-state index in [0.717, 1.165) is 83.1 Å². The van der Waals surface area contributed by atoms with Crippen LogP contribution in [0.3, 0.4) is 0 Å². The maximum absolute atomic E-state index is 13.6. The molecule has 34 nitrogen and oxygen atoms in total. The third kappa shape index (κ3) is 21.8. The highest BCUT2D eigenvalue weighted by molar-refractivity contribution is 5.71. The van der Waals surface area contributed by atoms with Crippen molar-refractivity contribution in [2.45, 2.75) is 200 Å². The number of esters is 12. The predicted molar refractivity (Wildman–Crippen MR) is 280 cm³/mol. The molecule has 18 atom stereocenters. The van der Waals surface area contributed by atoms with Gasteiger partial charge in [0, 0.05) is 83.1 Å². The lowest BCUT2D eigenvalue weighted by atomic mass is 9.95. The van der Waals surface area contributed by atoms with Crippen molar-refractivity contribution in [3.63, 3.8) is 0 Å². The van der Waals surface area contributed by atoms with Crippen LogP contribution in [-0.4, -0.2) is 226 Å². The summed E-state index contributed by atoms with van der Waals surface area (Å²) in [6.07, 6.45) is -35.3. The molecule has 1 aromatic rings. The average Bonchev–Trinajstić information content (AvgIpc) is 0.886. The van der Waals surface area contributed by atoms with Gasteiger partial charge in [0.1, 0.15) is 75.8 Å². The SMILES string of the molecule is CC(=O)OC[C@H]1ON(C(=O)OCc2ccccc2)C[C@@H](OC(C)=O)[C@@H]1O[C@@H]1O[C@H](COC(C)=O)[C@@H](O[C@@H]2O[C@H](COC(C)=O)[C@@H](O[C@@H]3O[C@H](COC(C)=O)[C@@H](OC(C)=O)[C@H](OC(C)=O)[C@H]3OC(C)=O)[C@H](OC(C)=O)[C@H]2OC(C)=O)[C@H](OC(C)=O)[C@H]1OC(C)=O. The lowest BCUT2D eigenvalue weighted by molar-refractivity contribution is -0.387. The van der Waals surface area contributed by atoms with Gasteiger partial charge in [-0.15, -0.1) is 0 Å². The fraction of sp³-hybridized carbons (Fsp3) is 0.655. The second-order valence-electron chi connectivity index (χ2n) is 20.1. The summed E-state index contributed by atoms with van der Waals surface area (Å²) in [5, 5.41) is 0.672. The number of hydrogen-bond acceptors (Lipinski definition) is 33. The predicted octanol–water partition coefficient (Wildman–Crippen LogP) is -0.0247. The quantitative estimate of drug-likeness (QED) is 0.0969. The van der Waals surface area contributed by atoms with Crippen LogP contribution in [0, 0.1) is 0 Å². The average molecular weight is 1270 g/mol. The van der Waals surface area contributed by atoms with Crippen LogP contribution in [0.1, 0.15) is 88.6 Å². The fourth-order valence-corrected chi connectivity index (χ4v) is 9.52. The first-order valence-corrected chi connectivity index (χ1v) is 27.4. The van der Waals surface area contributed by atoms with E-state index in [-0.39, 0.29) is 6.61 Å². The Morgan fingerprint density at radius 3 is 1.00 bits per heavy atom. The first-order chi connectivity index (χ1) is 41.9. The number of ether oxygens (including phenoxy) is 19. The maximum Gasteiger partial charge on any atom is 0.434 e. The molecule has 34 heteroatoms.